The second-order valence-electron chi connectivity index (χ2n) is 6.60. The van der Waals surface area contributed by atoms with E-state index in [1.807, 2.05) is 0 Å². The first kappa shape index (κ1) is 19.1. The number of carbonyl (C=O) groups is 1. The monoisotopic (exact) mass is 405 g/mol. The number of hydrogen-bond acceptors (Lipinski definition) is 6. The Morgan fingerprint density at radius 1 is 1.28 bits per heavy atom. The standard InChI is InChI=1S/C18H18F3N7O/c1-22-17(29)12-9-28(8-7-23-12)13-5-4-11(18(19,20)21)15(25-13)14-10-3-2-6-24-16(10)27-26-14/h2-6,12,23H,7-9H2,1H3,(H,22,29)(H,24,26,27). The summed E-state index contributed by atoms with van der Waals surface area (Å²) in [4.78, 5) is 22.1. The van der Waals surface area contributed by atoms with E-state index < -0.39 is 17.8 Å². The first-order valence-corrected chi connectivity index (χ1v) is 8.96. The predicted molar refractivity (Wildman–Crippen MR) is 100 cm³/mol. The minimum atomic E-state index is -4.59. The number of aromatic amines is 1. The van der Waals surface area contributed by atoms with Gasteiger partial charge in [-0.1, -0.05) is 0 Å². The van der Waals surface area contributed by atoms with Crippen molar-refractivity contribution >= 4 is 22.8 Å². The van der Waals surface area contributed by atoms with E-state index in [1.54, 1.807) is 17.0 Å². The molecule has 0 bridgehead atoms. The lowest BCUT2D eigenvalue weighted by molar-refractivity contribution is -0.137. The van der Waals surface area contributed by atoms with Crippen molar-refractivity contribution in [3.8, 4) is 11.4 Å². The van der Waals surface area contributed by atoms with Gasteiger partial charge in [0.25, 0.3) is 0 Å². The number of H-pyrrole nitrogens is 1. The molecule has 11 heteroatoms. The molecule has 0 aliphatic carbocycles. The Hall–Kier alpha value is -3.21. The molecule has 1 unspecified atom stereocenters. The van der Waals surface area contributed by atoms with Crippen molar-refractivity contribution in [2.45, 2.75) is 12.2 Å². The maximum atomic E-state index is 13.7. The average Bonchev–Trinajstić information content (AvgIpc) is 3.16. The number of fused-ring (bicyclic) bond motifs is 1. The molecular weight excluding hydrogens is 387 g/mol. The van der Waals surface area contributed by atoms with Crippen LogP contribution >= 0.6 is 0 Å². The molecule has 0 spiro atoms. The molecule has 29 heavy (non-hydrogen) atoms. The van der Waals surface area contributed by atoms with Gasteiger partial charge in [0.05, 0.1) is 5.56 Å². The zero-order valence-corrected chi connectivity index (χ0v) is 15.4. The average molecular weight is 405 g/mol. The molecule has 152 valence electrons. The summed E-state index contributed by atoms with van der Waals surface area (Å²) in [5, 5.41) is 12.8. The van der Waals surface area contributed by atoms with Gasteiger partial charge in [-0.15, -0.1) is 0 Å². The van der Waals surface area contributed by atoms with E-state index in [-0.39, 0.29) is 17.3 Å². The summed E-state index contributed by atoms with van der Waals surface area (Å²) in [6.07, 6.45) is -3.07. The summed E-state index contributed by atoms with van der Waals surface area (Å²) in [6, 6.07) is 5.12. The third kappa shape index (κ3) is 3.60. The van der Waals surface area contributed by atoms with Crippen LogP contribution in [-0.2, 0) is 11.0 Å². The fourth-order valence-electron chi connectivity index (χ4n) is 3.38. The minimum absolute atomic E-state index is 0.0836. The number of aromatic nitrogens is 4. The molecule has 1 saturated heterocycles. The Balaban J connectivity index is 1.79. The van der Waals surface area contributed by atoms with Crippen molar-refractivity contribution in [2.24, 2.45) is 0 Å². The van der Waals surface area contributed by atoms with Crippen molar-refractivity contribution < 1.29 is 18.0 Å². The van der Waals surface area contributed by atoms with Crippen molar-refractivity contribution in [2.75, 3.05) is 31.6 Å². The van der Waals surface area contributed by atoms with Gasteiger partial charge in [-0.05, 0) is 24.3 Å². The first-order chi connectivity index (χ1) is 13.9. The van der Waals surface area contributed by atoms with Gasteiger partial charge >= 0.3 is 6.18 Å². The van der Waals surface area contributed by atoms with Gasteiger partial charge in [-0.3, -0.25) is 9.89 Å². The van der Waals surface area contributed by atoms with Crippen LogP contribution in [0.4, 0.5) is 19.0 Å². The number of amides is 1. The third-order valence-corrected chi connectivity index (χ3v) is 4.81. The molecule has 0 radical (unpaired) electrons. The highest BCUT2D eigenvalue weighted by Crippen LogP contribution is 2.38. The number of rotatable bonds is 3. The first-order valence-electron chi connectivity index (χ1n) is 8.96. The Kier molecular flexibility index (Phi) is 4.82. The molecule has 1 fully saturated rings. The topological polar surface area (TPSA) is 98.8 Å². The Morgan fingerprint density at radius 3 is 2.86 bits per heavy atom. The lowest BCUT2D eigenvalue weighted by Crippen LogP contribution is -2.57. The lowest BCUT2D eigenvalue weighted by Gasteiger charge is -2.33. The molecule has 0 saturated carbocycles. The van der Waals surface area contributed by atoms with Crippen molar-refractivity contribution in [1.82, 2.24) is 30.8 Å². The number of halogens is 3. The Bertz CT molecular complexity index is 1050. The van der Waals surface area contributed by atoms with E-state index in [4.69, 9.17) is 0 Å². The van der Waals surface area contributed by atoms with E-state index in [1.165, 1.54) is 19.3 Å². The molecule has 1 atom stereocenters. The summed E-state index contributed by atoms with van der Waals surface area (Å²) in [5.41, 5.74) is -0.689. The highest BCUT2D eigenvalue weighted by atomic mass is 19.4. The molecule has 1 aliphatic rings. The van der Waals surface area contributed by atoms with Crippen LogP contribution in [0.5, 0.6) is 0 Å². The van der Waals surface area contributed by atoms with Gasteiger partial charge in [0.1, 0.15) is 23.2 Å². The number of pyridine rings is 2. The highest BCUT2D eigenvalue weighted by Gasteiger charge is 2.36. The number of hydrogen-bond donors (Lipinski definition) is 3. The fraction of sp³-hybridized carbons (Fsp3) is 0.333. The molecule has 1 aliphatic heterocycles. The van der Waals surface area contributed by atoms with Gasteiger partial charge in [-0.2, -0.15) is 18.3 Å². The smallest absolute Gasteiger partial charge is 0.358 e. The van der Waals surface area contributed by atoms with Gasteiger partial charge in [0.15, 0.2) is 5.65 Å². The number of piperazine rings is 1. The van der Waals surface area contributed by atoms with E-state index in [2.05, 4.69) is 30.8 Å². The second-order valence-corrected chi connectivity index (χ2v) is 6.60. The molecule has 4 rings (SSSR count). The van der Waals surface area contributed by atoms with Gasteiger partial charge in [0.2, 0.25) is 5.91 Å². The zero-order valence-electron chi connectivity index (χ0n) is 15.4. The molecule has 3 aromatic rings. The number of anilines is 1. The van der Waals surface area contributed by atoms with Crippen LogP contribution in [0, 0.1) is 0 Å². The van der Waals surface area contributed by atoms with E-state index in [9.17, 15) is 18.0 Å². The maximum absolute atomic E-state index is 13.7. The number of nitrogens with one attached hydrogen (secondary N) is 3. The van der Waals surface area contributed by atoms with Gasteiger partial charge in [-0.25, -0.2) is 9.97 Å². The third-order valence-electron chi connectivity index (χ3n) is 4.81. The van der Waals surface area contributed by atoms with Gasteiger partial charge < -0.3 is 15.5 Å². The molecule has 3 N–H and O–H groups in total. The number of nitrogens with zero attached hydrogens (tertiary/aromatic N) is 4. The normalized spacial score (nSPS) is 17.5. The maximum Gasteiger partial charge on any atom is 0.418 e. The minimum Gasteiger partial charge on any atom is -0.358 e. The lowest BCUT2D eigenvalue weighted by atomic mass is 10.1. The second kappa shape index (κ2) is 7.32. The fourth-order valence-corrected chi connectivity index (χ4v) is 3.38. The summed E-state index contributed by atoms with van der Waals surface area (Å²) in [5.74, 6) is 0.162. The van der Waals surface area contributed by atoms with Crippen LogP contribution in [0.1, 0.15) is 5.56 Å². The van der Waals surface area contributed by atoms with E-state index >= 15 is 0 Å². The van der Waals surface area contributed by atoms with E-state index in [0.29, 0.717) is 36.5 Å². The van der Waals surface area contributed by atoms with Crippen molar-refractivity contribution in [3.05, 3.63) is 36.0 Å². The molecule has 4 heterocycles. The van der Waals surface area contributed by atoms with Crippen LogP contribution in [0.25, 0.3) is 22.4 Å². The molecule has 1 amide bonds. The molecule has 0 aromatic carbocycles. The number of likely N-dealkylation sites (N-methyl/N-ethyl adjacent to an activating group) is 1. The van der Waals surface area contributed by atoms with Gasteiger partial charge in [0, 0.05) is 38.3 Å². The van der Waals surface area contributed by atoms with E-state index in [0.717, 1.165) is 6.07 Å². The van der Waals surface area contributed by atoms with Crippen molar-refractivity contribution in [1.29, 1.82) is 0 Å². The predicted octanol–water partition coefficient (Wildman–Crippen LogP) is 1.56. The van der Waals surface area contributed by atoms with Crippen LogP contribution < -0.4 is 15.5 Å². The largest absolute Gasteiger partial charge is 0.418 e. The molecule has 3 aromatic heterocycles. The summed E-state index contributed by atoms with van der Waals surface area (Å²) < 4.78 is 41.0. The Morgan fingerprint density at radius 2 is 2.10 bits per heavy atom. The van der Waals surface area contributed by atoms with Crippen LogP contribution in [-0.4, -0.2) is 58.8 Å². The molecular formula is C18H18F3N7O. The summed E-state index contributed by atoms with van der Waals surface area (Å²) in [6.45, 7) is 1.31. The van der Waals surface area contributed by atoms with Crippen LogP contribution in [0.15, 0.2) is 30.5 Å². The highest BCUT2D eigenvalue weighted by molar-refractivity contribution is 5.90. The van der Waals surface area contributed by atoms with Crippen molar-refractivity contribution in [3.63, 3.8) is 0 Å². The zero-order chi connectivity index (χ0) is 20.6. The number of carbonyl (C=O) groups excluding carboxylic acids is 1. The Labute approximate surface area is 163 Å². The SMILES string of the molecule is CNC(=O)C1CN(c2ccc(C(F)(F)F)c(-c3n[nH]c4ncccc34)n2)CCN1. The summed E-state index contributed by atoms with van der Waals surface area (Å²) >= 11 is 0. The van der Waals surface area contributed by atoms with Crippen LogP contribution in [0.2, 0.25) is 0 Å². The quantitative estimate of drug-likeness (QED) is 0.612. The van der Waals surface area contributed by atoms with Crippen LogP contribution in [0.3, 0.4) is 0 Å². The molecule has 8 nitrogen and oxygen atoms in total. The number of alkyl halides is 3. The summed E-state index contributed by atoms with van der Waals surface area (Å²) in [7, 11) is 1.54.